The summed E-state index contributed by atoms with van der Waals surface area (Å²) >= 11 is 0. The van der Waals surface area contributed by atoms with Crippen molar-refractivity contribution in [2.24, 2.45) is 5.16 Å². The van der Waals surface area contributed by atoms with Crippen molar-refractivity contribution in [3.63, 3.8) is 0 Å². The normalized spacial score (nSPS) is 16.7. The first-order valence-corrected chi connectivity index (χ1v) is 10.5. The molecule has 1 heterocycles. The second-order valence-electron chi connectivity index (χ2n) is 7.64. The molecular formula is C26H25N3O3. The zero-order valence-corrected chi connectivity index (χ0v) is 17.9. The van der Waals surface area contributed by atoms with Gasteiger partial charge in [-0.3, -0.25) is 9.59 Å². The predicted molar refractivity (Wildman–Crippen MR) is 124 cm³/mol. The molecule has 0 saturated carbocycles. The molecule has 0 aromatic heterocycles. The minimum absolute atomic E-state index is 0.203. The van der Waals surface area contributed by atoms with Crippen molar-refractivity contribution in [2.45, 2.75) is 19.0 Å². The average molecular weight is 428 g/mol. The van der Waals surface area contributed by atoms with Crippen molar-refractivity contribution in [1.29, 1.82) is 0 Å². The lowest BCUT2D eigenvalue weighted by Crippen LogP contribution is -2.45. The number of amides is 2. The molecule has 2 amide bonds. The Morgan fingerprint density at radius 1 is 0.938 bits per heavy atom. The van der Waals surface area contributed by atoms with E-state index in [1.54, 1.807) is 17.0 Å². The fraction of sp³-hybridized carbons (Fsp3) is 0.192. The van der Waals surface area contributed by atoms with Crippen LogP contribution in [0.2, 0.25) is 0 Å². The van der Waals surface area contributed by atoms with Crippen LogP contribution in [0.25, 0.3) is 11.1 Å². The van der Waals surface area contributed by atoms with Crippen molar-refractivity contribution in [3.8, 4) is 11.1 Å². The number of carbonyl (C=O) groups is 2. The third-order valence-electron chi connectivity index (χ3n) is 5.49. The quantitative estimate of drug-likeness (QED) is 0.607. The highest BCUT2D eigenvalue weighted by atomic mass is 16.6. The maximum atomic E-state index is 13.3. The highest BCUT2D eigenvalue weighted by Crippen LogP contribution is 2.23. The summed E-state index contributed by atoms with van der Waals surface area (Å²) in [6, 6.07) is 26.5. The van der Waals surface area contributed by atoms with Gasteiger partial charge in [0, 0.05) is 18.5 Å². The molecule has 1 N–H and O–H groups in total. The summed E-state index contributed by atoms with van der Waals surface area (Å²) < 4.78 is 0. The summed E-state index contributed by atoms with van der Waals surface area (Å²) in [4.78, 5) is 32.7. The average Bonchev–Trinajstić information content (AvgIpc) is 3.28. The van der Waals surface area contributed by atoms with E-state index in [-0.39, 0.29) is 18.4 Å². The molecule has 4 rings (SSSR count). The molecule has 6 heteroatoms. The van der Waals surface area contributed by atoms with Gasteiger partial charge in [0.25, 0.3) is 5.91 Å². The number of rotatable bonds is 6. The number of nitrogens with one attached hydrogen (secondary N) is 1. The van der Waals surface area contributed by atoms with Crippen molar-refractivity contribution in [2.75, 3.05) is 13.7 Å². The van der Waals surface area contributed by atoms with Gasteiger partial charge in [0.05, 0.1) is 12.3 Å². The third kappa shape index (κ3) is 4.86. The monoisotopic (exact) mass is 427 g/mol. The van der Waals surface area contributed by atoms with Crippen LogP contribution in [0.4, 0.5) is 0 Å². The molecule has 32 heavy (non-hydrogen) atoms. The topological polar surface area (TPSA) is 71.0 Å². The largest absolute Gasteiger partial charge is 0.399 e. The molecule has 1 aliphatic heterocycles. The van der Waals surface area contributed by atoms with Crippen molar-refractivity contribution in [3.05, 3.63) is 96.1 Å². The molecular weight excluding hydrogens is 402 g/mol. The van der Waals surface area contributed by atoms with Crippen molar-refractivity contribution >= 4 is 17.5 Å². The van der Waals surface area contributed by atoms with Gasteiger partial charge in [-0.05, 0) is 28.8 Å². The number of nitrogens with zero attached hydrogens (tertiary/aromatic N) is 2. The van der Waals surface area contributed by atoms with Crippen LogP contribution in [0.3, 0.4) is 0 Å². The van der Waals surface area contributed by atoms with Crippen LogP contribution in [-0.2, 0) is 16.2 Å². The summed E-state index contributed by atoms with van der Waals surface area (Å²) in [5.74, 6) is -0.407. The molecule has 6 nitrogen and oxygen atoms in total. The van der Waals surface area contributed by atoms with Crippen LogP contribution in [0.5, 0.6) is 0 Å². The van der Waals surface area contributed by atoms with Crippen LogP contribution < -0.4 is 5.32 Å². The van der Waals surface area contributed by atoms with E-state index >= 15 is 0 Å². The first-order valence-electron chi connectivity index (χ1n) is 10.5. The summed E-state index contributed by atoms with van der Waals surface area (Å²) in [5.41, 5.74) is 4.31. The molecule has 1 saturated heterocycles. The standard InChI is InChI=1S/C26H25N3O3/c1-32-28-23-16-24(25(30)27-17-19-8-4-2-5-9-19)29(18-23)26(31)22-14-12-21(13-15-22)20-10-6-3-7-11-20/h2-15,24H,16-18H2,1H3,(H,27,30)/b28-23-. The van der Waals surface area contributed by atoms with Gasteiger partial charge >= 0.3 is 0 Å². The molecule has 3 aromatic rings. The van der Waals surface area contributed by atoms with Crippen LogP contribution in [0.1, 0.15) is 22.3 Å². The van der Waals surface area contributed by atoms with Gasteiger partial charge in [0.2, 0.25) is 5.91 Å². The van der Waals surface area contributed by atoms with Crippen LogP contribution in [-0.4, -0.2) is 42.1 Å². The highest BCUT2D eigenvalue weighted by Gasteiger charge is 2.38. The van der Waals surface area contributed by atoms with E-state index in [1.165, 1.54) is 7.11 Å². The Hall–Kier alpha value is -3.93. The third-order valence-corrected chi connectivity index (χ3v) is 5.49. The lowest BCUT2D eigenvalue weighted by Gasteiger charge is -2.23. The van der Waals surface area contributed by atoms with Gasteiger partial charge in [-0.1, -0.05) is 78.0 Å². The fourth-order valence-electron chi connectivity index (χ4n) is 3.85. The van der Waals surface area contributed by atoms with Crippen LogP contribution in [0, 0.1) is 0 Å². The molecule has 1 unspecified atom stereocenters. The molecule has 1 aliphatic rings. The number of hydrogen-bond donors (Lipinski definition) is 1. The number of carbonyl (C=O) groups excluding carboxylic acids is 2. The number of benzene rings is 3. The maximum absolute atomic E-state index is 13.3. The van der Waals surface area contributed by atoms with Gasteiger partial charge in [-0.25, -0.2) is 0 Å². The Morgan fingerprint density at radius 2 is 1.56 bits per heavy atom. The van der Waals surface area contributed by atoms with Gasteiger partial charge in [0.1, 0.15) is 13.2 Å². The first-order chi connectivity index (χ1) is 15.7. The van der Waals surface area contributed by atoms with Crippen molar-refractivity contribution < 1.29 is 14.4 Å². The SMILES string of the molecule is CO/N=C1/CC(C(=O)NCc2ccccc2)N(C(=O)c2ccc(-c3ccccc3)cc2)C1. The summed E-state index contributed by atoms with van der Waals surface area (Å²) in [6.45, 7) is 0.664. The molecule has 1 atom stereocenters. The zero-order valence-electron chi connectivity index (χ0n) is 17.9. The molecule has 0 bridgehead atoms. The van der Waals surface area contributed by atoms with Gasteiger partial charge in [0.15, 0.2) is 0 Å². The van der Waals surface area contributed by atoms with E-state index < -0.39 is 6.04 Å². The van der Waals surface area contributed by atoms with Gasteiger partial charge in [-0.15, -0.1) is 0 Å². The lowest BCUT2D eigenvalue weighted by atomic mass is 10.0. The second kappa shape index (κ2) is 9.92. The summed E-state index contributed by atoms with van der Waals surface area (Å²) in [7, 11) is 1.46. The lowest BCUT2D eigenvalue weighted by molar-refractivity contribution is -0.124. The number of hydrogen-bond acceptors (Lipinski definition) is 4. The Bertz CT molecular complexity index is 1100. The van der Waals surface area contributed by atoms with E-state index in [4.69, 9.17) is 4.84 Å². The fourth-order valence-corrected chi connectivity index (χ4v) is 3.85. The Balaban J connectivity index is 1.50. The van der Waals surface area contributed by atoms with Crippen LogP contribution in [0.15, 0.2) is 90.1 Å². The van der Waals surface area contributed by atoms with E-state index in [2.05, 4.69) is 10.5 Å². The number of oxime groups is 1. The highest BCUT2D eigenvalue weighted by molar-refractivity contribution is 6.05. The van der Waals surface area contributed by atoms with Gasteiger partial charge in [-0.2, -0.15) is 0 Å². The Morgan fingerprint density at radius 3 is 2.22 bits per heavy atom. The minimum Gasteiger partial charge on any atom is -0.399 e. The molecule has 0 aliphatic carbocycles. The van der Waals surface area contributed by atoms with E-state index in [1.807, 2.05) is 72.8 Å². The summed E-state index contributed by atoms with van der Waals surface area (Å²) in [5, 5.41) is 6.94. The smallest absolute Gasteiger partial charge is 0.254 e. The Labute approximate surface area is 187 Å². The predicted octanol–water partition coefficient (Wildman–Crippen LogP) is 3.89. The van der Waals surface area contributed by atoms with Crippen LogP contribution >= 0.6 is 0 Å². The van der Waals surface area contributed by atoms with E-state index in [0.29, 0.717) is 24.2 Å². The van der Waals surface area contributed by atoms with Crippen molar-refractivity contribution in [1.82, 2.24) is 10.2 Å². The van der Waals surface area contributed by atoms with E-state index in [0.717, 1.165) is 16.7 Å². The molecule has 3 aromatic carbocycles. The minimum atomic E-state index is -0.631. The molecule has 162 valence electrons. The summed E-state index contributed by atoms with van der Waals surface area (Å²) in [6.07, 6.45) is 0.350. The maximum Gasteiger partial charge on any atom is 0.254 e. The molecule has 1 fully saturated rings. The zero-order chi connectivity index (χ0) is 22.3. The second-order valence-corrected chi connectivity index (χ2v) is 7.64. The van der Waals surface area contributed by atoms with E-state index in [9.17, 15) is 9.59 Å². The molecule has 0 spiro atoms. The molecule has 0 radical (unpaired) electrons. The first kappa shape index (κ1) is 21.3. The number of likely N-dealkylation sites (tertiary alicyclic amines) is 1. The van der Waals surface area contributed by atoms with Gasteiger partial charge < -0.3 is 15.1 Å². The Kier molecular flexibility index (Phi) is 6.60.